The van der Waals surface area contributed by atoms with E-state index < -0.39 is 17.7 Å². The van der Waals surface area contributed by atoms with Crippen LogP contribution in [0.5, 0.6) is 5.75 Å². The SMILES string of the molecule is CCOC(=O)c1ccc(OCC#Cc2ccc(C(F)(F)F)cn2)cc1. The van der Waals surface area contributed by atoms with Gasteiger partial charge in [-0.25, -0.2) is 9.78 Å². The van der Waals surface area contributed by atoms with Crippen molar-refractivity contribution < 1.29 is 27.4 Å². The Balaban J connectivity index is 1.89. The number of ether oxygens (including phenoxy) is 2. The van der Waals surface area contributed by atoms with Gasteiger partial charge in [0.2, 0.25) is 0 Å². The molecule has 2 aromatic rings. The minimum atomic E-state index is -4.42. The van der Waals surface area contributed by atoms with E-state index in [1.807, 2.05) is 0 Å². The van der Waals surface area contributed by atoms with E-state index >= 15 is 0 Å². The summed E-state index contributed by atoms with van der Waals surface area (Å²) in [6.45, 7) is 2.05. The number of carbonyl (C=O) groups excluding carboxylic acids is 1. The molecule has 25 heavy (non-hydrogen) atoms. The first-order valence-corrected chi connectivity index (χ1v) is 7.32. The topological polar surface area (TPSA) is 48.4 Å². The number of halogens is 3. The Kier molecular flexibility index (Phi) is 6.01. The molecule has 0 aliphatic heterocycles. The quantitative estimate of drug-likeness (QED) is 0.624. The molecular formula is C18H14F3NO3. The van der Waals surface area contributed by atoms with Gasteiger partial charge < -0.3 is 9.47 Å². The van der Waals surface area contributed by atoms with E-state index in [0.29, 0.717) is 17.9 Å². The van der Waals surface area contributed by atoms with Gasteiger partial charge in [-0.1, -0.05) is 5.92 Å². The number of carbonyl (C=O) groups is 1. The van der Waals surface area contributed by atoms with Crippen LogP contribution in [0.25, 0.3) is 0 Å². The number of esters is 1. The first-order valence-electron chi connectivity index (χ1n) is 7.32. The van der Waals surface area contributed by atoms with Crippen molar-refractivity contribution in [3.05, 3.63) is 59.4 Å². The first kappa shape index (κ1) is 18.3. The number of rotatable bonds is 4. The molecule has 0 radical (unpaired) electrons. The zero-order valence-corrected chi connectivity index (χ0v) is 13.3. The van der Waals surface area contributed by atoms with E-state index in [1.54, 1.807) is 31.2 Å². The number of alkyl halides is 3. The fraction of sp³-hybridized carbons (Fsp3) is 0.222. The highest BCUT2D eigenvalue weighted by Gasteiger charge is 2.30. The van der Waals surface area contributed by atoms with Crippen molar-refractivity contribution in [3.63, 3.8) is 0 Å². The average Bonchev–Trinajstić information content (AvgIpc) is 2.59. The normalized spacial score (nSPS) is 10.6. The second kappa shape index (κ2) is 8.20. The van der Waals surface area contributed by atoms with Gasteiger partial charge in [-0.05, 0) is 49.2 Å². The Morgan fingerprint density at radius 1 is 1.16 bits per heavy atom. The van der Waals surface area contributed by atoms with Gasteiger partial charge in [-0.2, -0.15) is 13.2 Å². The van der Waals surface area contributed by atoms with Gasteiger partial charge in [0.25, 0.3) is 0 Å². The first-order chi connectivity index (χ1) is 11.9. The van der Waals surface area contributed by atoms with Crippen molar-refractivity contribution in [2.45, 2.75) is 13.1 Å². The summed E-state index contributed by atoms with van der Waals surface area (Å²) in [7, 11) is 0. The van der Waals surface area contributed by atoms with Gasteiger partial charge in [0, 0.05) is 6.20 Å². The lowest BCUT2D eigenvalue weighted by Crippen LogP contribution is -2.05. The molecule has 0 fully saturated rings. The number of nitrogens with zero attached hydrogens (tertiary/aromatic N) is 1. The number of aromatic nitrogens is 1. The maximum Gasteiger partial charge on any atom is 0.417 e. The van der Waals surface area contributed by atoms with E-state index in [9.17, 15) is 18.0 Å². The third kappa shape index (κ3) is 5.53. The van der Waals surface area contributed by atoms with Crippen LogP contribution >= 0.6 is 0 Å². The Bertz CT molecular complexity index is 772. The van der Waals surface area contributed by atoms with Crippen LogP contribution in [0.4, 0.5) is 13.2 Å². The third-order valence-corrected chi connectivity index (χ3v) is 2.98. The zero-order chi connectivity index (χ0) is 18.3. The average molecular weight is 349 g/mol. The van der Waals surface area contributed by atoms with Crippen molar-refractivity contribution in [1.82, 2.24) is 4.98 Å². The van der Waals surface area contributed by atoms with Crippen LogP contribution in [-0.2, 0) is 10.9 Å². The summed E-state index contributed by atoms with van der Waals surface area (Å²) < 4.78 is 47.5. The summed E-state index contributed by atoms with van der Waals surface area (Å²) in [5.74, 6) is 5.36. The number of pyridine rings is 1. The third-order valence-electron chi connectivity index (χ3n) is 2.98. The predicted octanol–water partition coefficient (Wildman–Crippen LogP) is 3.71. The van der Waals surface area contributed by atoms with E-state index in [-0.39, 0.29) is 12.3 Å². The van der Waals surface area contributed by atoms with Gasteiger partial charge in [-0.3, -0.25) is 0 Å². The van der Waals surface area contributed by atoms with Crippen molar-refractivity contribution in [2.75, 3.05) is 13.2 Å². The van der Waals surface area contributed by atoms with E-state index in [0.717, 1.165) is 12.3 Å². The van der Waals surface area contributed by atoms with E-state index in [1.165, 1.54) is 6.07 Å². The molecule has 0 bridgehead atoms. The van der Waals surface area contributed by atoms with Crippen LogP contribution in [0.1, 0.15) is 28.5 Å². The maximum atomic E-state index is 12.4. The van der Waals surface area contributed by atoms with Crippen molar-refractivity contribution in [2.24, 2.45) is 0 Å². The second-order valence-electron chi connectivity index (χ2n) is 4.77. The Labute approximate surface area is 142 Å². The van der Waals surface area contributed by atoms with Crippen LogP contribution in [-0.4, -0.2) is 24.2 Å². The Morgan fingerprint density at radius 3 is 2.44 bits per heavy atom. The molecule has 0 amide bonds. The van der Waals surface area contributed by atoms with Crippen LogP contribution in [0.3, 0.4) is 0 Å². The Hall–Kier alpha value is -3.01. The molecule has 0 spiro atoms. The van der Waals surface area contributed by atoms with Gasteiger partial charge in [-0.15, -0.1) is 0 Å². The smallest absolute Gasteiger partial charge is 0.417 e. The minimum Gasteiger partial charge on any atom is -0.481 e. The van der Waals surface area contributed by atoms with Crippen LogP contribution < -0.4 is 4.74 Å². The van der Waals surface area contributed by atoms with Crippen molar-refractivity contribution in [1.29, 1.82) is 0 Å². The fourth-order valence-corrected chi connectivity index (χ4v) is 1.78. The van der Waals surface area contributed by atoms with Gasteiger partial charge >= 0.3 is 12.1 Å². The molecule has 0 saturated heterocycles. The minimum absolute atomic E-state index is 0.0292. The van der Waals surface area contributed by atoms with Gasteiger partial charge in [0.15, 0.2) is 0 Å². The van der Waals surface area contributed by atoms with E-state index in [2.05, 4.69) is 16.8 Å². The number of hydrogen-bond acceptors (Lipinski definition) is 4. The fourth-order valence-electron chi connectivity index (χ4n) is 1.78. The molecule has 4 nitrogen and oxygen atoms in total. The second-order valence-corrected chi connectivity index (χ2v) is 4.77. The molecule has 0 unspecified atom stereocenters. The molecule has 1 heterocycles. The lowest BCUT2D eigenvalue weighted by Gasteiger charge is -2.05. The molecule has 0 atom stereocenters. The molecule has 0 aliphatic rings. The zero-order valence-electron chi connectivity index (χ0n) is 13.3. The lowest BCUT2D eigenvalue weighted by molar-refractivity contribution is -0.137. The summed E-state index contributed by atoms with van der Waals surface area (Å²) in [5.41, 5.74) is -0.195. The van der Waals surface area contributed by atoms with Crippen molar-refractivity contribution in [3.8, 4) is 17.6 Å². The highest BCUT2D eigenvalue weighted by atomic mass is 19.4. The highest BCUT2D eigenvalue weighted by molar-refractivity contribution is 5.89. The maximum absolute atomic E-state index is 12.4. The summed E-state index contributed by atoms with van der Waals surface area (Å²) in [6, 6.07) is 8.46. The van der Waals surface area contributed by atoms with Gasteiger partial charge in [0.1, 0.15) is 18.1 Å². The van der Waals surface area contributed by atoms with Crippen molar-refractivity contribution >= 4 is 5.97 Å². The van der Waals surface area contributed by atoms with Gasteiger partial charge in [0.05, 0.1) is 17.7 Å². The monoisotopic (exact) mass is 349 g/mol. The Morgan fingerprint density at radius 2 is 1.88 bits per heavy atom. The molecule has 1 aromatic carbocycles. The molecule has 130 valence electrons. The standard InChI is InChI=1S/C18H14F3NO3/c1-2-24-17(23)13-5-9-16(10-6-13)25-11-3-4-15-8-7-14(12-22-15)18(19,20)21/h5-10,12H,2,11H2,1H3. The van der Waals surface area contributed by atoms with Crippen LogP contribution in [0, 0.1) is 11.8 Å². The molecule has 2 rings (SSSR count). The molecule has 0 aliphatic carbocycles. The summed E-state index contributed by atoms with van der Waals surface area (Å²) in [4.78, 5) is 15.1. The number of hydrogen-bond donors (Lipinski definition) is 0. The molecule has 0 N–H and O–H groups in total. The van der Waals surface area contributed by atoms with Crippen LogP contribution in [0.2, 0.25) is 0 Å². The summed E-state index contributed by atoms with van der Waals surface area (Å²) >= 11 is 0. The van der Waals surface area contributed by atoms with E-state index in [4.69, 9.17) is 9.47 Å². The summed E-state index contributed by atoms with van der Waals surface area (Å²) in [6.07, 6.45) is -3.68. The molecule has 7 heteroatoms. The molecular weight excluding hydrogens is 335 g/mol. The highest BCUT2D eigenvalue weighted by Crippen LogP contribution is 2.28. The van der Waals surface area contributed by atoms with Crippen LogP contribution in [0.15, 0.2) is 42.6 Å². The number of benzene rings is 1. The predicted molar refractivity (Wildman–Crippen MR) is 84.0 cm³/mol. The summed E-state index contributed by atoms with van der Waals surface area (Å²) in [5, 5.41) is 0. The lowest BCUT2D eigenvalue weighted by atomic mass is 10.2. The molecule has 0 saturated carbocycles. The molecule has 1 aromatic heterocycles. The largest absolute Gasteiger partial charge is 0.481 e.